The van der Waals surface area contributed by atoms with Crippen LogP contribution in [0.5, 0.6) is 0 Å². The molecule has 0 radical (unpaired) electrons. The maximum Gasteiger partial charge on any atom is 0.0462 e. The molecule has 0 amide bonds. The highest BCUT2D eigenvalue weighted by Gasteiger charge is 2.16. The molecular weight excluding hydrogens is 244 g/mol. The monoisotopic (exact) mass is 260 g/mol. The van der Waals surface area contributed by atoms with Crippen LogP contribution in [0.3, 0.4) is 0 Å². The zero-order valence-electron chi connectivity index (χ0n) is 11.6. The average Bonchev–Trinajstić information content (AvgIpc) is 2.94. The van der Waals surface area contributed by atoms with Crippen molar-refractivity contribution in [3.8, 4) is 11.1 Å². The number of hydrogen-bond donors (Lipinski definition) is 2. The summed E-state index contributed by atoms with van der Waals surface area (Å²) in [5, 5.41) is 2.58. The smallest absolute Gasteiger partial charge is 0.0462 e. The van der Waals surface area contributed by atoms with Gasteiger partial charge in [0, 0.05) is 44.3 Å². The third-order valence-corrected chi connectivity index (χ3v) is 4.04. The SMILES string of the molecule is Cc1[nH]c2ccccc2c1-c1c(C)[nH]c2ccccc12. The summed E-state index contributed by atoms with van der Waals surface area (Å²) in [5.41, 5.74) is 7.47. The molecule has 2 aromatic heterocycles. The Labute approximate surface area is 117 Å². The molecule has 2 nitrogen and oxygen atoms in total. The van der Waals surface area contributed by atoms with Crippen LogP contribution in [-0.2, 0) is 0 Å². The van der Waals surface area contributed by atoms with Gasteiger partial charge in [-0.2, -0.15) is 0 Å². The Hall–Kier alpha value is -2.48. The zero-order valence-corrected chi connectivity index (χ0v) is 11.6. The van der Waals surface area contributed by atoms with Crippen molar-refractivity contribution < 1.29 is 0 Å². The Morgan fingerprint density at radius 3 is 1.45 bits per heavy atom. The summed E-state index contributed by atoms with van der Waals surface area (Å²) >= 11 is 0. The van der Waals surface area contributed by atoms with Gasteiger partial charge in [0.2, 0.25) is 0 Å². The van der Waals surface area contributed by atoms with Gasteiger partial charge in [-0.15, -0.1) is 0 Å². The number of fused-ring (bicyclic) bond motifs is 2. The van der Waals surface area contributed by atoms with E-state index in [0.29, 0.717) is 0 Å². The third kappa shape index (κ3) is 1.45. The van der Waals surface area contributed by atoms with Gasteiger partial charge in [-0.05, 0) is 26.0 Å². The molecule has 0 saturated carbocycles. The summed E-state index contributed by atoms with van der Waals surface area (Å²) < 4.78 is 0. The van der Waals surface area contributed by atoms with Crippen LogP contribution >= 0.6 is 0 Å². The number of aromatic nitrogens is 2. The molecule has 2 N–H and O–H groups in total. The van der Waals surface area contributed by atoms with Crippen LogP contribution in [0.4, 0.5) is 0 Å². The first-order chi connectivity index (χ1) is 9.75. The second kappa shape index (κ2) is 4.01. The van der Waals surface area contributed by atoms with E-state index in [1.165, 1.54) is 44.3 Å². The Bertz CT molecular complexity index is 847. The van der Waals surface area contributed by atoms with E-state index in [4.69, 9.17) is 0 Å². The minimum atomic E-state index is 1.20. The van der Waals surface area contributed by atoms with Gasteiger partial charge < -0.3 is 9.97 Å². The molecule has 4 rings (SSSR count). The van der Waals surface area contributed by atoms with Crippen molar-refractivity contribution in [2.75, 3.05) is 0 Å². The normalized spacial score (nSPS) is 11.5. The fraction of sp³-hybridized carbons (Fsp3) is 0.111. The van der Waals surface area contributed by atoms with Crippen molar-refractivity contribution in [3.63, 3.8) is 0 Å². The van der Waals surface area contributed by atoms with Gasteiger partial charge in [-0.3, -0.25) is 0 Å². The summed E-state index contributed by atoms with van der Waals surface area (Å²) in [5.74, 6) is 0. The van der Waals surface area contributed by atoms with Gasteiger partial charge in [0.25, 0.3) is 0 Å². The molecule has 0 bridgehead atoms. The number of aromatic amines is 2. The molecule has 0 saturated heterocycles. The molecule has 0 aliphatic rings. The standard InChI is InChI=1S/C18H16N2/c1-11-17(13-7-3-5-9-15(13)19-11)18-12(2)20-16-10-6-4-8-14(16)18/h3-10,19-20H,1-2H3. The van der Waals surface area contributed by atoms with Crippen molar-refractivity contribution in [2.45, 2.75) is 13.8 Å². The van der Waals surface area contributed by atoms with Crippen LogP contribution in [0, 0.1) is 13.8 Å². The fourth-order valence-corrected chi connectivity index (χ4v) is 3.20. The first-order valence-electron chi connectivity index (χ1n) is 6.90. The number of aryl methyl sites for hydroxylation is 2. The molecule has 4 aromatic rings. The lowest BCUT2D eigenvalue weighted by molar-refractivity contribution is 1.27. The molecule has 0 aliphatic heterocycles. The van der Waals surface area contributed by atoms with Gasteiger partial charge in [0.05, 0.1) is 0 Å². The van der Waals surface area contributed by atoms with Crippen LogP contribution in [0.25, 0.3) is 32.9 Å². The van der Waals surface area contributed by atoms with Gasteiger partial charge in [0.1, 0.15) is 0 Å². The third-order valence-electron chi connectivity index (χ3n) is 4.04. The number of hydrogen-bond acceptors (Lipinski definition) is 0. The molecular formula is C18H16N2. The summed E-state index contributed by atoms with van der Waals surface area (Å²) in [7, 11) is 0. The van der Waals surface area contributed by atoms with Crippen LogP contribution in [0.15, 0.2) is 48.5 Å². The molecule has 0 spiro atoms. The van der Waals surface area contributed by atoms with Gasteiger partial charge in [-0.25, -0.2) is 0 Å². The number of rotatable bonds is 1. The summed E-state index contributed by atoms with van der Waals surface area (Å²) in [4.78, 5) is 6.99. The molecule has 20 heavy (non-hydrogen) atoms. The van der Waals surface area contributed by atoms with Gasteiger partial charge in [0.15, 0.2) is 0 Å². The van der Waals surface area contributed by atoms with E-state index < -0.39 is 0 Å². The molecule has 98 valence electrons. The topological polar surface area (TPSA) is 31.6 Å². The van der Waals surface area contributed by atoms with Gasteiger partial charge in [-0.1, -0.05) is 36.4 Å². The minimum absolute atomic E-state index is 1.20. The molecule has 0 unspecified atom stereocenters. The van der Waals surface area contributed by atoms with E-state index in [0.717, 1.165) is 0 Å². The minimum Gasteiger partial charge on any atom is -0.358 e. The average molecular weight is 260 g/mol. The predicted octanol–water partition coefficient (Wildman–Crippen LogP) is 4.93. The lowest BCUT2D eigenvalue weighted by Crippen LogP contribution is -1.81. The van der Waals surface area contributed by atoms with E-state index in [1.54, 1.807) is 0 Å². The number of benzene rings is 2. The van der Waals surface area contributed by atoms with E-state index >= 15 is 0 Å². The second-order valence-corrected chi connectivity index (χ2v) is 5.34. The molecule has 0 fully saturated rings. The second-order valence-electron chi connectivity index (χ2n) is 5.34. The Morgan fingerprint density at radius 1 is 0.600 bits per heavy atom. The quantitative estimate of drug-likeness (QED) is 0.486. The van der Waals surface area contributed by atoms with Crippen molar-refractivity contribution in [2.24, 2.45) is 0 Å². The van der Waals surface area contributed by atoms with Crippen LogP contribution in [0.1, 0.15) is 11.4 Å². The Kier molecular flexibility index (Phi) is 2.27. The first-order valence-corrected chi connectivity index (χ1v) is 6.90. The van der Waals surface area contributed by atoms with Crippen LogP contribution in [-0.4, -0.2) is 9.97 Å². The highest BCUT2D eigenvalue weighted by atomic mass is 14.7. The van der Waals surface area contributed by atoms with Crippen LogP contribution in [0.2, 0.25) is 0 Å². The zero-order chi connectivity index (χ0) is 13.7. The lowest BCUT2D eigenvalue weighted by Gasteiger charge is -2.02. The Morgan fingerprint density at radius 2 is 1.00 bits per heavy atom. The number of H-pyrrole nitrogens is 2. The van der Waals surface area contributed by atoms with E-state index in [2.05, 4.69) is 72.3 Å². The lowest BCUT2D eigenvalue weighted by atomic mass is 9.99. The summed E-state index contributed by atoms with van der Waals surface area (Å²) in [6.07, 6.45) is 0. The molecule has 2 heteroatoms. The van der Waals surface area contributed by atoms with Crippen LogP contribution < -0.4 is 0 Å². The molecule has 2 heterocycles. The molecule has 2 aromatic carbocycles. The predicted molar refractivity (Wildman–Crippen MR) is 85.1 cm³/mol. The van der Waals surface area contributed by atoms with E-state index in [9.17, 15) is 0 Å². The van der Waals surface area contributed by atoms with E-state index in [-0.39, 0.29) is 0 Å². The highest BCUT2D eigenvalue weighted by molar-refractivity contribution is 6.07. The summed E-state index contributed by atoms with van der Waals surface area (Å²) in [6, 6.07) is 17.0. The number of nitrogens with one attached hydrogen (secondary N) is 2. The molecule has 0 aliphatic carbocycles. The van der Waals surface area contributed by atoms with Crippen molar-refractivity contribution in [3.05, 3.63) is 59.9 Å². The van der Waals surface area contributed by atoms with Crippen molar-refractivity contribution in [1.82, 2.24) is 9.97 Å². The first kappa shape index (κ1) is 11.4. The number of para-hydroxylation sites is 2. The summed E-state index contributed by atoms with van der Waals surface area (Å²) in [6.45, 7) is 4.30. The maximum absolute atomic E-state index is 3.49. The maximum atomic E-state index is 3.49. The highest BCUT2D eigenvalue weighted by Crippen LogP contribution is 2.38. The largest absolute Gasteiger partial charge is 0.358 e. The van der Waals surface area contributed by atoms with Crippen molar-refractivity contribution in [1.29, 1.82) is 0 Å². The van der Waals surface area contributed by atoms with E-state index in [1.807, 2.05) is 0 Å². The van der Waals surface area contributed by atoms with Gasteiger partial charge >= 0.3 is 0 Å². The van der Waals surface area contributed by atoms with Crippen molar-refractivity contribution >= 4 is 21.8 Å². The Balaban J connectivity index is 2.16. The molecule has 0 atom stereocenters. The fourth-order valence-electron chi connectivity index (χ4n) is 3.20.